The Bertz CT molecular complexity index is 1240. The molecule has 0 fully saturated rings. The Labute approximate surface area is 173 Å². The maximum atomic E-state index is 12.2. The number of para-hydroxylation sites is 2. The Balaban J connectivity index is 1.39. The van der Waals surface area contributed by atoms with Gasteiger partial charge in [-0.1, -0.05) is 12.1 Å². The third-order valence-corrected chi connectivity index (χ3v) is 4.91. The van der Waals surface area contributed by atoms with E-state index in [2.05, 4.69) is 15.6 Å². The minimum Gasteiger partial charge on any atom is -0.466 e. The van der Waals surface area contributed by atoms with Gasteiger partial charge < -0.3 is 19.6 Å². The van der Waals surface area contributed by atoms with E-state index in [0.29, 0.717) is 22.8 Å². The van der Waals surface area contributed by atoms with Gasteiger partial charge in [-0.25, -0.2) is 4.98 Å². The first-order valence-electron chi connectivity index (χ1n) is 9.59. The molecule has 0 atom stereocenters. The summed E-state index contributed by atoms with van der Waals surface area (Å²) in [6, 6.07) is 17.1. The zero-order valence-electron chi connectivity index (χ0n) is 17.0. The average Bonchev–Trinajstić information content (AvgIpc) is 3.25. The molecule has 2 heterocycles. The normalized spacial score (nSPS) is 10.9. The van der Waals surface area contributed by atoms with Crippen LogP contribution < -0.4 is 10.6 Å². The number of imidazole rings is 1. The summed E-state index contributed by atoms with van der Waals surface area (Å²) in [4.78, 5) is 29.1. The van der Waals surface area contributed by atoms with Gasteiger partial charge in [0.15, 0.2) is 0 Å². The van der Waals surface area contributed by atoms with Crippen molar-refractivity contribution in [2.75, 3.05) is 11.9 Å². The molecule has 2 N–H and O–H groups in total. The maximum Gasteiger partial charge on any atom is 0.255 e. The van der Waals surface area contributed by atoms with Crippen molar-refractivity contribution in [3.8, 4) is 11.4 Å². The van der Waals surface area contributed by atoms with Gasteiger partial charge in [0.05, 0.1) is 23.1 Å². The summed E-state index contributed by atoms with van der Waals surface area (Å²) in [5, 5.41) is 5.39. The Morgan fingerprint density at radius 2 is 1.80 bits per heavy atom. The zero-order chi connectivity index (χ0) is 21.3. The standard InChI is InChI=1S/C23H22N4O3/c1-14-12-18(15(2)30-14)23(29)24-13-21(28)25-17-10-8-16(9-11-17)22-26-19-6-4-5-7-20(19)27(22)3/h4-12H,13H2,1-3H3,(H,24,29)(H,25,28). The van der Waals surface area contributed by atoms with E-state index in [0.717, 1.165) is 22.4 Å². The summed E-state index contributed by atoms with van der Waals surface area (Å²) in [5.74, 6) is 1.39. The van der Waals surface area contributed by atoms with Crippen molar-refractivity contribution < 1.29 is 14.0 Å². The lowest BCUT2D eigenvalue weighted by molar-refractivity contribution is -0.115. The molecule has 0 spiro atoms. The first-order chi connectivity index (χ1) is 14.4. The van der Waals surface area contributed by atoms with E-state index in [1.165, 1.54) is 0 Å². The van der Waals surface area contributed by atoms with Gasteiger partial charge in [0.25, 0.3) is 5.91 Å². The lowest BCUT2D eigenvalue weighted by Crippen LogP contribution is -2.32. The second kappa shape index (κ2) is 7.87. The second-order valence-electron chi connectivity index (χ2n) is 7.12. The highest BCUT2D eigenvalue weighted by Gasteiger charge is 2.14. The molecule has 30 heavy (non-hydrogen) atoms. The summed E-state index contributed by atoms with van der Waals surface area (Å²) in [6.07, 6.45) is 0. The molecule has 2 aromatic heterocycles. The molecule has 2 amide bonds. The van der Waals surface area contributed by atoms with Crippen molar-refractivity contribution in [2.45, 2.75) is 13.8 Å². The minimum atomic E-state index is -0.336. The molecule has 7 nitrogen and oxygen atoms in total. The van der Waals surface area contributed by atoms with Gasteiger partial charge >= 0.3 is 0 Å². The van der Waals surface area contributed by atoms with Crippen LogP contribution in [0.4, 0.5) is 5.69 Å². The van der Waals surface area contributed by atoms with Crippen molar-refractivity contribution in [3.05, 3.63) is 71.7 Å². The fraction of sp³-hybridized carbons (Fsp3) is 0.174. The Kier molecular flexibility index (Phi) is 5.10. The van der Waals surface area contributed by atoms with Crippen LogP contribution in [0.3, 0.4) is 0 Å². The van der Waals surface area contributed by atoms with Gasteiger partial charge in [0, 0.05) is 18.3 Å². The molecule has 2 aromatic carbocycles. The third kappa shape index (κ3) is 3.82. The number of anilines is 1. The number of amides is 2. The van der Waals surface area contributed by atoms with Gasteiger partial charge in [-0.15, -0.1) is 0 Å². The summed E-state index contributed by atoms with van der Waals surface area (Å²) in [5.41, 5.74) is 4.03. The number of benzene rings is 2. The second-order valence-corrected chi connectivity index (χ2v) is 7.12. The van der Waals surface area contributed by atoms with Crippen LogP contribution in [0, 0.1) is 13.8 Å². The lowest BCUT2D eigenvalue weighted by Gasteiger charge is -2.08. The Morgan fingerprint density at radius 3 is 2.47 bits per heavy atom. The topological polar surface area (TPSA) is 89.2 Å². The number of nitrogens with one attached hydrogen (secondary N) is 2. The van der Waals surface area contributed by atoms with Crippen LogP contribution in [-0.4, -0.2) is 27.9 Å². The largest absolute Gasteiger partial charge is 0.466 e. The van der Waals surface area contributed by atoms with Crippen molar-refractivity contribution in [2.24, 2.45) is 7.05 Å². The number of hydrogen-bond acceptors (Lipinski definition) is 4. The molecule has 4 rings (SSSR count). The molecular weight excluding hydrogens is 380 g/mol. The molecule has 0 unspecified atom stereocenters. The van der Waals surface area contributed by atoms with Gasteiger partial charge in [-0.3, -0.25) is 9.59 Å². The van der Waals surface area contributed by atoms with E-state index >= 15 is 0 Å². The molecular formula is C23H22N4O3. The number of fused-ring (bicyclic) bond motifs is 1. The van der Waals surface area contributed by atoms with Crippen LogP contribution >= 0.6 is 0 Å². The minimum absolute atomic E-state index is 0.130. The Hall–Kier alpha value is -3.87. The first-order valence-corrected chi connectivity index (χ1v) is 9.59. The van der Waals surface area contributed by atoms with E-state index in [4.69, 9.17) is 4.42 Å². The fourth-order valence-corrected chi connectivity index (χ4v) is 3.42. The highest BCUT2D eigenvalue weighted by Crippen LogP contribution is 2.24. The van der Waals surface area contributed by atoms with Crippen LogP contribution in [0.15, 0.2) is 59.0 Å². The predicted molar refractivity (Wildman–Crippen MR) is 115 cm³/mol. The number of rotatable bonds is 5. The SMILES string of the molecule is Cc1cc(C(=O)NCC(=O)Nc2ccc(-c3nc4ccccc4n3C)cc2)c(C)o1. The Morgan fingerprint density at radius 1 is 1.07 bits per heavy atom. The van der Waals surface area contributed by atoms with E-state index in [1.54, 1.807) is 19.9 Å². The number of aryl methyl sites for hydroxylation is 3. The summed E-state index contributed by atoms with van der Waals surface area (Å²) < 4.78 is 7.38. The van der Waals surface area contributed by atoms with Crippen LogP contribution in [-0.2, 0) is 11.8 Å². The van der Waals surface area contributed by atoms with Crippen molar-refractivity contribution >= 4 is 28.5 Å². The molecule has 0 radical (unpaired) electrons. The number of aromatic nitrogens is 2. The lowest BCUT2D eigenvalue weighted by atomic mass is 10.2. The highest BCUT2D eigenvalue weighted by atomic mass is 16.3. The molecule has 0 aliphatic carbocycles. The number of carbonyl (C=O) groups excluding carboxylic acids is 2. The van der Waals surface area contributed by atoms with E-state index in [1.807, 2.05) is 60.1 Å². The number of carbonyl (C=O) groups is 2. The number of nitrogens with zero attached hydrogens (tertiary/aromatic N) is 2. The molecule has 0 aliphatic rings. The molecule has 0 saturated heterocycles. The van der Waals surface area contributed by atoms with Crippen LogP contribution in [0.2, 0.25) is 0 Å². The van der Waals surface area contributed by atoms with Crippen molar-refractivity contribution in [3.63, 3.8) is 0 Å². The first kappa shape index (κ1) is 19.4. The number of hydrogen-bond donors (Lipinski definition) is 2. The molecule has 4 aromatic rings. The van der Waals surface area contributed by atoms with E-state index in [9.17, 15) is 9.59 Å². The maximum absolute atomic E-state index is 12.2. The summed E-state index contributed by atoms with van der Waals surface area (Å²) >= 11 is 0. The summed E-state index contributed by atoms with van der Waals surface area (Å²) in [6.45, 7) is 3.36. The highest BCUT2D eigenvalue weighted by molar-refractivity contribution is 6.00. The zero-order valence-corrected chi connectivity index (χ0v) is 17.0. The molecule has 7 heteroatoms. The van der Waals surface area contributed by atoms with Gasteiger partial charge in [0.2, 0.25) is 5.91 Å². The molecule has 152 valence electrons. The molecule has 0 saturated carbocycles. The van der Waals surface area contributed by atoms with Crippen molar-refractivity contribution in [1.82, 2.24) is 14.9 Å². The monoisotopic (exact) mass is 402 g/mol. The summed E-state index contributed by atoms with van der Waals surface area (Å²) in [7, 11) is 1.98. The average molecular weight is 402 g/mol. The van der Waals surface area contributed by atoms with Gasteiger partial charge in [-0.05, 0) is 56.3 Å². The number of furan rings is 1. The quantitative estimate of drug-likeness (QED) is 0.531. The van der Waals surface area contributed by atoms with E-state index < -0.39 is 0 Å². The van der Waals surface area contributed by atoms with Gasteiger partial charge in [-0.2, -0.15) is 0 Å². The smallest absolute Gasteiger partial charge is 0.255 e. The predicted octanol–water partition coefficient (Wildman–Crippen LogP) is 3.82. The van der Waals surface area contributed by atoms with Crippen LogP contribution in [0.5, 0.6) is 0 Å². The van der Waals surface area contributed by atoms with E-state index in [-0.39, 0.29) is 18.4 Å². The molecule has 0 bridgehead atoms. The van der Waals surface area contributed by atoms with Crippen LogP contribution in [0.25, 0.3) is 22.4 Å². The van der Waals surface area contributed by atoms with Crippen molar-refractivity contribution in [1.29, 1.82) is 0 Å². The van der Waals surface area contributed by atoms with Crippen LogP contribution in [0.1, 0.15) is 21.9 Å². The fourth-order valence-electron chi connectivity index (χ4n) is 3.42. The molecule has 0 aliphatic heterocycles. The third-order valence-electron chi connectivity index (χ3n) is 4.91. The van der Waals surface area contributed by atoms with Gasteiger partial charge in [0.1, 0.15) is 17.3 Å².